The van der Waals surface area contributed by atoms with Crippen LogP contribution >= 0.6 is 0 Å². The number of amides is 1. The lowest BCUT2D eigenvalue weighted by Gasteiger charge is -2.49. The van der Waals surface area contributed by atoms with Gasteiger partial charge in [0.1, 0.15) is 34.2 Å². The highest BCUT2D eigenvalue weighted by Gasteiger charge is 2.46. The molecule has 2 saturated heterocycles. The molecule has 3 fully saturated rings. The normalized spacial score (nSPS) is 19.5. The highest BCUT2D eigenvalue weighted by atomic mass is 32.2. The fraction of sp³-hybridized carbons (Fsp3) is 0.526. The van der Waals surface area contributed by atoms with Crippen molar-refractivity contribution in [3.8, 4) is 23.0 Å². The average molecular weight is 786 g/mol. The number of morpholine rings is 1. The lowest BCUT2D eigenvalue weighted by molar-refractivity contribution is -0.0665. The molecule has 296 valence electrons. The molecule has 4 aromatic rings. The second kappa shape index (κ2) is 14.9. The van der Waals surface area contributed by atoms with Crippen LogP contribution in [0.3, 0.4) is 0 Å². The zero-order valence-electron chi connectivity index (χ0n) is 31.7. The van der Waals surface area contributed by atoms with Crippen LogP contribution in [0, 0.1) is 17.0 Å². The van der Waals surface area contributed by atoms with Gasteiger partial charge in [0.25, 0.3) is 10.1 Å². The number of halogens is 2. The molecule has 0 spiro atoms. The van der Waals surface area contributed by atoms with E-state index in [2.05, 4.69) is 9.97 Å². The predicted molar refractivity (Wildman–Crippen MR) is 199 cm³/mol. The van der Waals surface area contributed by atoms with Gasteiger partial charge in [-0.2, -0.15) is 18.4 Å². The Balaban J connectivity index is 1.33. The van der Waals surface area contributed by atoms with E-state index >= 15 is 8.78 Å². The van der Waals surface area contributed by atoms with Gasteiger partial charge in [-0.1, -0.05) is 13.0 Å². The van der Waals surface area contributed by atoms with E-state index < -0.39 is 50.9 Å². The minimum atomic E-state index is -3.68. The molecule has 2 unspecified atom stereocenters. The molecule has 1 aliphatic carbocycles. The maximum Gasteiger partial charge on any atom is 0.411 e. The number of nitrogens with zero attached hydrogens (tertiary/aromatic N) is 5. The Morgan fingerprint density at radius 3 is 2.42 bits per heavy atom. The highest BCUT2D eigenvalue weighted by molar-refractivity contribution is 7.85. The van der Waals surface area contributed by atoms with Gasteiger partial charge in [0.05, 0.1) is 50.2 Å². The van der Waals surface area contributed by atoms with E-state index in [0.29, 0.717) is 52.7 Å². The topological polar surface area (TPSA) is 152 Å². The second-order valence-corrected chi connectivity index (χ2v) is 17.0. The molecular weight excluding hydrogens is 741 g/mol. The second-order valence-electron chi connectivity index (χ2n) is 15.4. The van der Waals surface area contributed by atoms with E-state index in [-0.39, 0.29) is 68.9 Å². The Morgan fingerprint density at radius 1 is 1.05 bits per heavy atom. The summed E-state index contributed by atoms with van der Waals surface area (Å²) in [6, 6.07) is 5.38. The Labute approximate surface area is 318 Å². The van der Waals surface area contributed by atoms with Gasteiger partial charge in [0, 0.05) is 37.4 Å². The summed E-state index contributed by atoms with van der Waals surface area (Å²) in [6.07, 6.45) is 3.68. The number of piperazine rings is 1. The van der Waals surface area contributed by atoms with Crippen molar-refractivity contribution < 1.29 is 49.9 Å². The maximum atomic E-state index is 17.3. The van der Waals surface area contributed by atoms with Crippen LogP contribution in [0.1, 0.15) is 46.1 Å². The molecule has 0 radical (unpaired) electrons. The van der Waals surface area contributed by atoms with E-state index in [0.717, 1.165) is 6.26 Å². The van der Waals surface area contributed by atoms with Gasteiger partial charge in [-0.25, -0.2) is 13.6 Å². The summed E-state index contributed by atoms with van der Waals surface area (Å²) in [5, 5.41) is 1.40. The first kappa shape index (κ1) is 38.8. The van der Waals surface area contributed by atoms with Crippen LogP contribution in [-0.2, 0) is 34.9 Å². The molecule has 2 bridgehead atoms. The van der Waals surface area contributed by atoms with Crippen LogP contribution in [0.4, 0.5) is 19.4 Å². The van der Waals surface area contributed by atoms with Crippen molar-refractivity contribution in [1.29, 1.82) is 0 Å². The number of carbonyl (C=O) groups is 1. The Morgan fingerprint density at radius 2 is 1.78 bits per heavy atom. The number of anilines is 1. The average Bonchev–Trinajstić information content (AvgIpc) is 3.90. The Kier molecular flexibility index (Phi) is 10.5. The number of ether oxygens (including phenoxy) is 5. The first-order valence-corrected chi connectivity index (χ1v) is 19.9. The molecule has 0 N–H and O–H groups in total. The van der Waals surface area contributed by atoms with Gasteiger partial charge in [0.2, 0.25) is 0 Å². The van der Waals surface area contributed by atoms with Gasteiger partial charge in [-0.3, -0.25) is 14.1 Å². The van der Waals surface area contributed by atoms with Crippen LogP contribution in [0.25, 0.3) is 32.9 Å². The number of rotatable bonds is 12. The number of aryl methyl sites for hydroxylation is 1. The molecule has 2 aliphatic heterocycles. The molecule has 2 aromatic carbocycles. The maximum absolute atomic E-state index is 17.3. The third-order valence-corrected chi connectivity index (χ3v) is 10.5. The summed E-state index contributed by atoms with van der Waals surface area (Å²) < 4.78 is 89.7. The van der Waals surface area contributed by atoms with Crippen molar-refractivity contribution in [2.24, 2.45) is 5.41 Å². The van der Waals surface area contributed by atoms with E-state index in [1.54, 1.807) is 23.1 Å². The molecule has 55 heavy (non-hydrogen) atoms. The van der Waals surface area contributed by atoms with Crippen LogP contribution in [0.5, 0.6) is 11.8 Å². The monoisotopic (exact) mass is 785 g/mol. The van der Waals surface area contributed by atoms with Crippen LogP contribution in [0.2, 0.25) is 0 Å². The van der Waals surface area contributed by atoms with E-state index in [9.17, 15) is 13.2 Å². The molecule has 7 rings (SSSR count). The Hall–Kier alpha value is -4.45. The van der Waals surface area contributed by atoms with Crippen LogP contribution in [0.15, 0.2) is 30.5 Å². The van der Waals surface area contributed by atoms with Gasteiger partial charge >= 0.3 is 12.1 Å². The standard InChI is InChI=1S/C38H45F2N5O9S/c1-7-26-29(39)9-8-22-12-25(52-21-49-5)13-27(30(22)26)32-31(40)33-28(14-41-32)34(43-35(42-33)51-19-38(10-11-38)20-53-55(6,47)48)44-15-23-17-50-18-24(16-44)45(23)36(46)54-37(2,3)4/h8-9,12-14,23-24H,7,10-11,15-21H2,1-6H3. The van der Waals surface area contributed by atoms with E-state index in [4.69, 9.17) is 32.9 Å². The molecule has 2 aromatic heterocycles. The van der Waals surface area contributed by atoms with Crippen LogP contribution < -0.4 is 14.4 Å². The van der Waals surface area contributed by atoms with E-state index in [1.165, 1.54) is 19.4 Å². The number of fused-ring (bicyclic) bond motifs is 4. The molecule has 17 heteroatoms. The largest absolute Gasteiger partial charge is 0.468 e. The molecule has 1 amide bonds. The van der Waals surface area contributed by atoms with Crippen LogP contribution in [-0.4, -0.2) is 112 Å². The SMILES string of the molecule is CCc1c(F)ccc2cc(OCOC)cc(-c3ncc4c(N5CC6COCC(C5)N6C(=O)OC(C)(C)C)nc(OCC5(COS(C)(=O)=O)CC5)nc4c3F)c12. The number of hydrogen-bond acceptors (Lipinski definition) is 13. The van der Waals surface area contributed by atoms with Gasteiger partial charge in [-0.05, 0) is 74.6 Å². The van der Waals surface area contributed by atoms with Crippen molar-refractivity contribution in [2.45, 2.75) is 64.6 Å². The fourth-order valence-corrected chi connectivity index (χ4v) is 7.62. The summed E-state index contributed by atoms with van der Waals surface area (Å²) in [5.41, 5.74) is -0.758. The quantitative estimate of drug-likeness (QED) is 0.129. The smallest absolute Gasteiger partial charge is 0.411 e. The summed E-state index contributed by atoms with van der Waals surface area (Å²) in [4.78, 5) is 30.9. The minimum absolute atomic E-state index is 0.0290. The molecule has 4 heterocycles. The van der Waals surface area contributed by atoms with Crippen molar-refractivity contribution in [3.63, 3.8) is 0 Å². The molecular formula is C38H45F2N5O9S. The number of hydrogen-bond donors (Lipinski definition) is 0. The zero-order valence-corrected chi connectivity index (χ0v) is 32.5. The number of methoxy groups -OCH3 is 1. The van der Waals surface area contributed by atoms with Crippen molar-refractivity contribution in [3.05, 3.63) is 47.7 Å². The predicted octanol–water partition coefficient (Wildman–Crippen LogP) is 5.63. The highest BCUT2D eigenvalue weighted by Crippen LogP contribution is 2.47. The van der Waals surface area contributed by atoms with Crippen molar-refractivity contribution in [1.82, 2.24) is 19.9 Å². The van der Waals surface area contributed by atoms with Gasteiger partial charge in [0.15, 0.2) is 12.6 Å². The summed E-state index contributed by atoms with van der Waals surface area (Å²) >= 11 is 0. The third kappa shape index (κ3) is 8.25. The lowest BCUT2D eigenvalue weighted by atomic mass is 9.94. The minimum Gasteiger partial charge on any atom is -0.468 e. The Bertz CT molecular complexity index is 2220. The first-order chi connectivity index (χ1) is 26.1. The number of pyridine rings is 1. The number of benzene rings is 2. The van der Waals surface area contributed by atoms with E-state index in [1.807, 2.05) is 32.6 Å². The third-order valence-electron chi connectivity index (χ3n) is 9.95. The molecule has 3 aliphatic rings. The summed E-state index contributed by atoms with van der Waals surface area (Å²) in [5.74, 6) is -0.523. The van der Waals surface area contributed by atoms with Gasteiger partial charge in [-0.15, -0.1) is 0 Å². The van der Waals surface area contributed by atoms with Crippen molar-refractivity contribution >= 4 is 43.7 Å². The summed E-state index contributed by atoms with van der Waals surface area (Å²) in [7, 11) is -2.20. The zero-order chi connectivity index (χ0) is 39.3. The van der Waals surface area contributed by atoms with Crippen molar-refractivity contribution in [2.75, 3.05) is 64.6 Å². The molecule has 2 atom stereocenters. The number of carbonyl (C=O) groups excluding carboxylic acids is 1. The lowest BCUT2D eigenvalue weighted by Crippen LogP contribution is -2.66. The molecule has 14 nitrogen and oxygen atoms in total. The van der Waals surface area contributed by atoms with Gasteiger partial charge < -0.3 is 28.6 Å². The fourth-order valence-electron chi connectivity index (χ4n) is 7.15. The number of aromatic nitrogens is 3. The summed E-state index contributed by atoms with van der Waals surface area (Å²) in [6.45, 7) is 8.19. The first-order valence-electron chi connectivity index (χ1n) is 18.1. The molecule has 1 saturated carbocycles.